The highest BCUT2D eigenvalue weighted by atomic mass is 32.2. The molecule has 0 radical (unpaired) electrons. The molecular formula is C16H20N6O2S. The number of tetrazole rings is 1. The number of hydrogen-bond acceptors (Lipinski definition) is 7. The average Bonchev–Trinajstić information content (AvgIpc) is 3.14. The van der Waals surface area contributed by atoms with Gasteiger partial charge in [-0.3, -0.25) is 4.79 Å². The minimum absolute atomic E-state index is 0.00126. The normalized spacial score (nSPS) is 27.1. The molecule has 2 unspecified atom stereocenters. The first kappa shape index (κ1) is 16.3. The van der Waals surface area contributed by atoms with E-state index in [0.29, 0.717) is 12.4 Å². The molecule has 4 rings (SSSR count). The molecule has 0 saturated carbocycles. The first-order valence-corrected chi connectivity index (χ1v) is 8.95. The Morgan fingerprint density at radius 1 is 1.32 bits per heavy atom. The van der Waals surface area contributed by atoms with Gasteiger partial charge in [-0.25, -0.2) is 4.68 Å². The largest absolute Gasteiger partial charge is 0.497 e. The van der Waals surface area contributed by atoms with Crippen LogP contribution in [0.3, 0.4) is 0 Å². The van der Waals surface area contributed by atoms with E-state index in [1.807, 2.05) is 29.2 Å². The van der Waals surface area contributed by atoms with Crippen LogP contribution in [0.2, 0.25) is 0 Å². The lowest BCUT2D eigenvalue weighted by molar-refractivity contribution is -0.147. The molecule has 132 valence electrons. The maximum Gasteiger partial charge on any atom is 0.244 e. The Hall–Kier alpha value is -2.13. The van der Waals surface area contributed by atoms with Crippen molar-refractivity contribution in [3.63, 3.8) is 0 Å². The number of aromatic nitrogens is 4. The van der Waals surface area contributed by atoms with Crippen LogP contribution >= 0.6 is 11.8 Å². The number of ether oxygens (including phenoxy) is 1. The summed E-state index contributed by atoms with van der Waals surface area (Å²) in [6.45, 7) is 4.74. The van der Waals surface area contributed by atoms with Crippen LogP contribution in [0, 0.1) is 0 Å². The number of rotatable bonds is 4. The lowest BCUT2D eigenvalue weighted by Gasteiger charge is -2.42. The molecule has 25 heavy (non-hydrogen) atoms. The van der Waals surface area contributed by atoms with Crippen LogP contribution in [-0.2, 0) is 11.3 Å². The molecule has 2 aromatic rings. The second-order valence-corrected chi connectivity index (χ2v) is 8.60. The second-order valence-electron chi connectivity index (χ2n) is 6.83. The molecule has 2 aliphatic rings. The smallest absolute Gasteiger partial charge is 0.244 e. The molecule has 1 aromatic heterocycles. The Bertz CT molecular complexity index is 805. The van der Waals surface area contributed by atoms with E-state index in [-0.39, 0.29) is 22.1 Å². The van der Waals surface area contributed by atoms with Crippen LogP contribution in [0.5, 0.6) is 5.75 Å². The van der Waals surface area contributed by atoms with Gasteiger partial charge >= 0.3 is 0 Å². The minimum atomic E-state index is -0.430. The van der Waals surface area contributed by atoms with Crippen molar-refractivity contribution in [2.24, 2.45) is 5.73 Å². The zero-order valence-electron chi connectivity index (χ0n) is 14.3. The van der Waals surface area contributed by atoms with Crippen LogP contribution in [0.1, 0.15) is 31.3 Å². The Morgan fingerprint density at radius 2 is 2.04 bits per heavy atom. The van der Waals surface area contributed by atoms with Gasteiger partial charge in [0.25, 0.3) is 0 Å². The topological polar surface area (TPSA) is 99.2 Å². The van der Waals surface area contributed by atoms with E-state index in [2.05, 4.69) is 29.4 Å². The highest BCUT2D eigenvalue weighted by molar-refractivity contribution is 8.01. The predicted octanol–water partition coefficient (Wildman–Crippen LogP) is 0.792. The SMILES string of the molecule is COc1ccc(Cn2nnnc2C2N3C(=O)C(N)[C@@H]3SC2(C)C)cc1. The van der Waals surface area contributed by atoms with Gasteiger partial charge in [-0.15, -0.1) is 16.9 Å². The Kier molecular flexibility index (Phi) is 3.73. The van der Waals surface area contributed by atoms with Crippen LogP contribution < -0.4 is 10.5 Å². The van der Waals surface area contributed by atoms with E-state index in [1.165, 1.54) is 0 Å². The first-order valence-electron chi connectivity index (χ1n) is 8.07. The van der Waals surface area contributed by atoms with Crippen LogP contribution in [0.4, 0.5) is 0 Å². The lowest BCUT2D eigenvalue weighted by atomic mass is 9.95. The van der Waals surface area contributed by atoms with Crippen molar-refractivity contribution < 1.29 is 9.53 Å². The van der Waals surface area contributed by atoms with E-state index in [9.17, 15) is 4.79 Å². The zero-order valence-corrected chi connectivity index (χ0v) is 15.1. The lowest BCUT2D eigenvalue weighted by Crippen LogP contribution is -2.65. The Balaban J connectivity index is 1.63. The van der Waals surface area contributed by atoms with Gasteiger partial charge in [-0.05, 0) is 42.0 Å². The molecule has 3 atom stereocenters. The van der Waals surface area contributed by atoms with Gasteiger partial charge in [-0.1, -0.05) is 12.1 Å². The van der Waals surface area contributed by atoms with Crippen molar-refractivity contribution in [3.05, 3.63) is 35.7 Å². The molecule has 8 nitrogen and oxygen atoms in total. The quantitative estimate of drug-likeness (QED) is 0.805. The maximum absolute atomic E-state index is 12.3. The number of carbonyl (C=O) groups is 1. The summed E-state index contributed by atoms with van der Waals surface area (Å²) in [6, 6.07) is 7.15. The van der Waals surface area contributed by atoms with Crippen molar-refractivity contribution in [3.8, 4) is 5.75 Å². The standard InChI is InChI=1S/C16H20N6O2S/c1-16(2)12(22-14(23)11(17)15(22)25-16)13-18-19-20-21(13)8-9-4-6-10(24-3)7-5-9/h4-7,11-12,15H,8,17H2,1-3H3/t11?,12?,15-/m0/s1. The summed E-state index contributed by atoms with van der Waals surface area (Å²) in [5.74, 6) is 1.46. The summed E-state index contributed by atoms with van der Waals surface area (Å²) in [5.41, 5.74) is 7.01. The van der Waals surface area contributed by atoms with Crippen LogP contribution in [0.15, 0.2) is 24.3 Å². The Labute approximate surface area is 149 Å². The molecule has 0 bridgehead atoms. The molecule has 2 fully saturated rings. The zero-order chi connectivity index (χ0) is 17.8. The van der Waals surface area contributed by atoms with Gasteiger partial charge in [0.15, 0.2) is 5.82 Å². The van der Waals surface area contributed by atoms with Gasteiger partial charge in [0.05, 0.1) is 13.7 Å². The summed E-state index contributed by atoms with van der Waals surface area (Å²) in [4.78, 5) is 14.1. The van der Waals surface area contributed by atoms with E-state index < -0.39 is 6.04 Å². The second kappa shape index (κ2) is 5.70. The third-order valence-electron chi connectivity index (χ3n) is 4.78. The number of nitrogens with two attached hydrogens (primary N) is 1. The fourth-order valence-electron chi connectivity index (χ4n) is 3.48. The predicted molar refractivity (Wildman–Crippen MR) is 92.9 cm³/mol. The van der Waals surface area contributed by atoms with Crippen molar-refractivity contribution in [1.82, 2.24) is 25.1 Å². The number of carbonyl (C=O) groups excluding carboxylic acids is 1. The van der Waals surface area contributed by atoms with Gasteiger partial charge < -0.3 is 15.4 Å². The van der Waals surface area contributed by atoms with E-state index in [0.717, 1.165) is 11.3 Å². The maximum atomic E-state index is 12.3. The molecule has 2 N–H and O–H groups in total. The van der Waals surface area contributed by atoms with Crippen molar-refractivity contribution >= 4 is 17.7 Å². The summed E-state index contributed by atoms with van der Waals surface area (Å²) in [5, 5.41) is 12.2. The molecule has 2 aliphatic heterocycles. The van der Waals surface area contributed by atoms with Crippen molar-refractivity contribution in [1.29, 1.82) is 0 Å². The number of thioether (sulfide) groups is 1. The van der Waals surface area contributed by atoms with Crippen molar-refractivity contribution in [2.45, 2.75) is 42.6 Å². The molecule has 0 spiro atoms. The number of benzene rings is 1. The fourth-order valence-corrected chi connectivity index (χ4v) is 5.06. The number of fused-ring (bicyclic) bond motifs is 1. The number of hydrogen-bond donors (Lipinski definition) is 1. The van der Waals surface area contributed by atoms with Gasteiger partial charge in [0.2, 0.25) is 5.91 Å². The summed E-state index contributed by atoms with van der Waals surface area (Å²) in [6.07, 6.45) is 0. The molecule has 2 saturated heterocycles. The van der Waals surface area contributed by atoms with E-state index in [4.69, 9.17) is 10.5 Å². The number of amides is 1. The highest BCUT2D eigenvalue weighted by Crippen LogP contribution is 2.56. The fraction of sp³-hybridized carbons (Fsp3) is 0.500. The number of β-lactam (4-membered cyclic amide) rings is 1. The molecule has 1 amide bonds. The third kappa shape index (κ3) is 2.49. The molecule has 9 heteroatoms. The minimum Gasteiger partial charge on any atom is -0.497 e. The Morgan fingerprint density at radius 3 is 2.72 bits per heavy atom. The summed E-state index contributed by atoms with van der Waals surface area (Å²) in [7, 11) is 1.64. The van der Waals surface area contributed by atoms with Gasteiger partial charge in [-0.2, -0.15) is 0 Å². The number of nitrogens with zero attached hydrogens (tertiary/aromatic N) is 5. The number of methoxy groups -OCH3 is 1. The van der Waals surface area contributed by atoms with E-state index in [1.54, 1.807) is 23.6 Å². The van der Waals surface area contributed by atoms with Crippen LogP contribution in [-0.4, -0.2) is 54.3 Å². The summed E-state index contributed by atoms with van der Waals surface area (Å²) < 4.78 is 6.74. The first-order chi connectivity index (χ1) is 11.9. The molecule has 3 heterocycles. The average molecular weight is 360 g/mol. The van der Waals surface area contributed by atoms with E-state index >= 15 is 0 Å². The van der Waals surface area contributed by atoms with Gasteiger partial charge in [0, 0.05) is 4.75 Å². The van der Waals surface area contributed by atoms with Crippen molar-refractivity contribution in [2.75, 3.05) is 7.11 Å². The summed E-state index contributed by atoms with van der Waals surface area (Å²) >= 11 is 1.71. The monoisotopic (exact) mass is 360 g/mol. The molecule has 1 aromatic carbocycles. The van der Waals surface area contributed by atoms with Crippen LogP contribution in [0.25, 0.3) is 0 Å². The third-order valence-corrected chi connectivity index (χ3v) is 6.37. The molecular weight excluding hydrogens is 340 g/mol. The van der Waals surface area contributed by atoms with Gasteiger partial charge in [0.1, 0.15) is 23.2 Å². The highest BCUT2D eigenvalue weighted by Gasteiger charge is 2.61. The molecule has 0 aliphatic carbocycles.